The van der Waals surface area contributed by atoms with Gasteiger partial charge in [-0.15, -0.1) is 11.3 Å². The molecule has 4 rings (SSSR count). The summed E-state index contributed by atoms with van der Waals surface area (Å²) in [6.07, 6.45) is 0. The smallest absolute Gasteiger partial charge is 0.243 e. The van der Waals surface area contributed by atoms with E-state index in [2.05, 4.69) is 5.32 Å². The predicted molar refractivity (Wildman–Crippen MR) is 101 cm³/mol. The number of hydrogen-bond donors (Lipinski definition) is 1. The van der Waals surface area contributed by atoms with Crippen LogP contribution in [0.1, 0.15) is 22.8 Å². The Morgan fingerprint density at radius 3 is 2.33 bits per heavy atom. The molecule has 1 atom stereocenters. The van der Waals surface area contributed by atoms with Crippen LogP contribution in [0.25, 0.3) is 11.1 Å². The van der Waals surface area contributed by atoms with Crippen molar-refractivity contribution >= 4 is 39.6 Å². The zero-order valence-electron chi connectivity index (χ0n) is 14.0. The molecule has 1 aliphatic heterocycles. The summed E-state index contributed by atoms with van der Waals surface area (Å²) in [4.78, 5) is 26.2. The summed E-state index contributed by atoms with van der Waals surface area (Å²) < 4.78 is 27.7. The van der Waals surface area contributed by atoms with Gasteiger partial charge < -0.3 is 5.32 Å². The first-order valence-electron chi connectivity index (χ1n) is 8.03. The maximum atomic E-state index is 13.7. The maximum Gasteiger partial charge on any atom is 0.243 e. The Hall–Kier alpha value is -2.57. The molecule has 0 spiro atoms. The van der Waals surface area contributed by atoms with Crippen LogP contribution in [0, 0.1) is 11.6 Å². The Morgan fingerprint density at radius 2 is 1.67 bits per heavy atom. The van der Waals surface area contributed by atoms with Crippen molar-refractivity contribution in [1.29, 1.82) is 0 Å². The van der Waals surface area contributed by atoms with Crippen molar-refractivity contribution in [2.45, 2.75) is 12.3 Å². The summed E-state index contributed by atoms with van der Waals surface area (Å²) >= 11 is 7.37. The second-order valence-corrected chi connectivity index (χ2v) is 8.01. The number of amides is 1. The van der Waals surface area contributed by atoms with E-state index in [1.54, 1.807) is 6.07 Å². The van der Waals surface area contributed by atoms with Gasteiger partial charge in [0.1, 0.15) is 26.4 Å². The Balaban J connectivity index is 1.94. The lowest BCUT2D eigenvalue weighted by molar-refractivity contribution is -0.119. The van der Waals surface area contributed by atoms with Crippen molar-refractivity contribution in [3.63, 3.8) is 0 Å². The van der Waals surface area contributed by atoms with Crippen LogP contribution in [0.4, 0.5) is 13.8 Å². The maximum absolute atomic E-state index is 13.7. The van der Waals surface area contributed by atoms with E-state index in [-0.39, 0.29) is 15.5 Å². The number of benzene rings is 2. The summed E-state index contributed by atoms with van der Waals surface area (Å²) in [5.41, 5.74) is -0.376. The number of halogens is 3. The average Bonchev–Trinajstić information content (AvgIpc) is 2.95. The summed E-state index contributed by atoms with van der Waals surface area (Å²) in [6.45, 7) is 1.45. The standard InChI is InChI=1S/C20H12ClF2NO2S/c1-20(11-5-3-7-13(23)9-11)16(25)15-14(10-4-2-6-12(22)8-10)17(21)27-18(15)24-19(20)26/h2-9H,1H3,(H,24,26). The summed E-state index contributed by atoms with van der Waals surface area (Å²) in [5.74, 6) is -2.08. The monoisotopic (exact) mass is 403 g/mol. The topological polar surface area (TPSA) is 46.2 Å². The molecule has 1 amide bonds. The van der Waals surface area contributed by atoms with Crippen LogP contribution in [-0.4, -0.2) is 11.7 Å². The molecule has 0 saturated carbocycles. The van der Waals surface area contributed by atoms with E-state index in [1.807, 2.05) is 0 Å². The SMILES string of the molecule is CC1(c2cccc(F)c2)C(=O)Nc2sc(Cl)c(-c3cccc(F)c3)c2C1=O. The van der Waals surface area contributed by atoms with E-state index >= 15 is 0 Å². The first-order chi connectivity index (χ1) is 12.8. The minimum atomic E-state index is -1.62. The van der Waals surface area contributed by atoms with Crippen molar-refractivity contribution in [2.24, 2.45) is 0 Å². The highest BCUT2D eigenvalue weighted by atomic mass is 35.5. The van der Waals surface area contributed by atoms with Crippen molar-refractivity contribution in [1.82, 2.24) is 0 Å². The van der Waals surface area contributed by atoms with Gasteiger partial charge in [0.2, 0.25) is 5.91 Å². The third-order valence-corrected chi connectivity index (χ3v) is 6.06. The van der Waals surface area contributed by atoms with Gasteiger partial charge in [0.05, 0.1) is 5.56 Å². The fourth-order valence-electron chi connectivity index (χ4n) is 3.25. The molecule has 27 heavy (non-hydrogen) atoms. The van der Waals surface area contributed by atoms with E-state index in [4.69, 9.17) is 11.6 Å². The second kappa shape index (κ2) is 6.25. The molecule has 1 unspecified atom stereocenters. The number of nitrogens with one attached hydrogen (secondary N) is 1. The molecule has 7 heteroatoms. The van der Waals surface area contributed by atoms with Gasteiger partial charge in [0, 0.05) is 5.56 Å². The van der Waals surface area contributed by atoms with Crippen LogP contribution in [0.15, 0.2) is 48.5 Å². The first-order valence-corrected chi connectivity index (χ1v) is 9.22. The molecule has 0 radical (unpaired) electrons. The van der Waals surface area contributed by atoms with Crippen LogP contribution in [0.2, 0.25) is 4.34 Å². The van der Waals surface area contributed by atoms with Crippen molar-refractivity contribution in [2.75, 3.05) is 5.32 Å². The van der Waals surface area contributed by atoms with Gasteiger partial charge >= 0.3 is 0 Å². The fourth-order valence-corrected chi connectivity index (χ4v) is 4.63. The van der Waals surface area contributed by atoms with Gasteiger partial charge in [0.25, 0.3) is 0 Å². The van der Waals surface area contributed by atoms with Crippen LogP contribution >= 0.6 is 22.9 Å². The average molecular weight is 404 g/mol. The Bertz CT molecular complexity index is 1110. The largest absolute Gasteiger partial charge is 0.316 e. The van der Waals surface area contributed by atoms with E-state index in [1.165, 1.54) is 43.3 Å². The third-order valence-electron chi connectivity index (χ3n) is 4.74. The number of thiophene rings is 1. The zero-order valence-corrected chi connectivity index (χ0v) is 15.5. The molecule has 1 aliphatic rings. The number of carbonyl (C=O) groups excluding carboxylic acids is 2. The van der Waals surface area contributed by atoms with Crippen LogP contribution in [-0.2, 0) is 10.2 Å². The predicted octanol–water partition coefficient (Wildman–Crippen LogP) is 5.44. The van der Waals surface area contributed by atoms with Gasteiger partial charge in [0.15, 0.2) is 5.78 Å². The Kier molecular flexibility index (Phi) is 4.13. The molecule has 3 nitrogen and oxygen atoms in total. The number of anilines is 1. The molecular formula is C20H12ClF2NO2S. The minimum absolute atomic E-state index is 0.210. The molecule has 1 N–H and O–H groups in total. The first kappa shape index (κ1) is 17.8. The normalized spacial score (nSPS) is 19.0. The molecule has 1 aromatic heterocycles. The van der Waals surface area contributed by atoms with Crippen molar-refractivity contribution in [3.05, 3.63) is 75.6 Å². The number of carbonyl (C=O) groups is 2. The quantitative estimate of drug-likeness (QED) is 0.579. The highest BCUT2D eigenvalue weighted by Crippen LogP contribution is 2.49. The Labute approximate surface area is 162 Å². The molecule has 0 aliphatic carbocycles. The third kappa shape index (κ3) is 2.67. The summed E-state index contributed by atoms with van der Waals surface area (Å²) in [5, 5.41) is 3.01. The molecule has 0 fully saturated rings. The van der Waals surface area contributed by atoms with E-state index in [0.717, 1.165) is 17.4 Å². The van der Waals surface area contributed by atoms with Gasteiger partial charge in [-0.2, -0.15) is 0 Å². The molecule has 0 bridgehead atoms. The van der Waals surface area contributed by atoms with Crippen molar-refractivity contribution < 1.29 is 18.4 Å². The lowest BCUT2D eigenvalue weighted by Gasteiger charge is -2.31. The lowest BCUT2D eigenvalue weighted by Crippen LogP contribution is -2.48. The highest BCUT2D eigenvalue weighted by Gasteiger charge is 2.49. The van der Waals surface area contributed by atoms with Crippen molar-refractivity contribution in [3.8, 4) is 11.1 Å². The lowest BCUT2D eigenvalue weighted by atomic mass is 9.73. The molecule has 0 saturated heterocycles. The molecule has 3 aromatic rings. The fraction of sp³-hybridized carbons (Fsp3) is 0.100. The van der Waals surface area contributed by atoms with Gasteiger partial charge in [-0.05, 0) is 42.3 Å². The van der Waals surface area contributed by atoms with Crippen LogP contribution in [0.3, 0.4) is 0 Å². The number of hydrogen-bond acceptors (Lipinski definition) is 3. The van der Waals surface area contributed by atoms with Gasteiger partial charge in [-0.1, -0.05) is 35.9 Å². The highest BCUT2D eigenvalue weighted by molar-refractivity contribution is 7.21. The molecule has 2 heterocycles. The molecular weight excluding hydrogens is 392 g/mol. The molecule has 2 aromatic carbocycles. The van der Waals surface area contributed by atoms with Gasteiger partial charge in [-0.3, -0.25) is 9.59 Å². The second-order valence-electron chi connectivity index (χ2n) is 6.38. The minimum Gasteiger partial charge on any atom is -0.316 e. The van der Waals surface area contributed by atoms with Crippen LogP contribution in [0.5, 0.6) is 0 Å². The summed E-state index contributed by atoms with van der Waals surface area (Å²) in [7, 11) is 0. The molecule has 136 valence electrons. The number of rotatable bonds is 2. The van der Waals surface area contributed by atoms with E-state index in [0.29, 0.717) is 16.1 Å². The van der Waals surface area contributed by atoms with Gasteiger partial charge in [-0.25, -0.2) is 8.78 Å². The zero-order chi connectivity index (χ0) is 19.3. The van der Waals surface area contributed by atoms with Crippen LogP contribution < -0.4 is 5.32 Å². The van der Waals surface area contributed by atoms with E-state index < -0.39 is 28.7 Å². The number of fused-ring (bicyclic) bond motifs is 1. The number of ketones is 1. The van der Waals surface area contributed by atoms with E-state index in [9.17, 15) is 18.4 Å². The summed E-state index contributed by atoms with van der Waals surface area (Å²) in [6, 6.07) is 11.1. The Morgan fingerprint density at radius 1 is 1.00 bits per heavy atom. The number of Topliss-reactive ketones (excluding diaryl/α,β-unsaturated/α-hetero) is 1.